The first kappa shape index (κ1) is 28.1. The van der Waals surface area contributed by atoms with Crippen molar-refractivity contribution in [2.45, 2.75) is 59.4 Å². The molecule has 0 radical (unpaired) electrons. The molecule has 0 spiro atoms. The molecule has 1 aromatic rings. The van der Waals surface area contributed by atoms with Gasteiger partial charge in [-0.05, 0) is 69.5 Å². The molecule has 5 nitrogen and oxygen atoms in total. The summed E-state index contributed by atoms with van der Waals surface area (Å²) in [7, 11) is 0. The van der Waals surface area contributed by atoms with E-state index in [0.717, 1.165) is 76.4 Å². The van der Waals surface area contributed by atoms with Crippen LogP contribution in [0.4, 0.5) is 4.39 Å². The van der Waals surface area contributed by atoms with Crippen LogP contribution in [0.3, 0.4) is 0 Å². The molecule has 0 unspecified atom stereocenters. The highest BCUT2D eigenvalue weighted by Gasteiger charge is 2.25. The van der Waals surface area contributed by atoms with E-state index in [4.69, 9.17) is 4.99 Å². The van der Waals surface area contributed by atoms with Crippen molar-refractivity contribution in [3.05, 3.63) is 35.6 Å². The molecule has 1 aliphatic heterocycles. The van der Waals surface area contributed by atoms with E-state index in [1.54, 1.807) is 12.1 Å². The number of nitrogens with zero attached hydrogens (tertiary/aromatic N) is 2. The van der Waals surface area contributed by atoms with Crippen LogP contribution in [0.1, 0.15) is 58.4 Å². The van der Waals surface area contributed by atoms with Gasteiger partial charge >= 0.3 is 0 Å². The van der Waals surface area contributed by atoms with Crippen LogP contribution >= 0.6 is 24.0 Å². The van der Waals surface area contributed by atoms with Crippen LogP contribution in [0.5, 0.6) is 0 Å². The fourth-order valence-corrected chi connectivity index (χ4v) is 4.19. The molecule has 0 amide bonds. The van der Waals surface area contributed by atoms with E-state index in [0.29, 0.717) is 12.5 Å². The van der Waals surface area contributed by atoms with Crippen LogP contribution in [-0.2, 0) is 6.54 Å². The number of likely N-dealkylation sites (tertiary alicyclic amines) is 1. The maximum Gasteiger partial charge on any atom is 0.191 e. The van der Waals surface area contributed by atoms with Crippen LogP contribution in [0.25, 0.3) is 0 Å². The average molecular weight is 549 g/mol. The van der Waals surface area contributed by atoms with Gasteiger partial charge in [-0.15, -0.1) is 24.0 Å². The summed E-state index contributed by atoms with van der Waals surface area (Å²) >= 11 is 0. The Balaban J connectivity index is 0.00000480. The van der Waals surface area contributed by atoms with Gasteiger partial charge in [-0.25, -0.2) is 4.39 Å². The van der Waals surface area contributed by atoms with Crippen molar-refractivity contribution in [1.82, 2.24) is 15.5 Å². The van der Waals surface area contributed by atoms with Crippen molar-refractivity contribution >= 4 is 29.9 Å². The molecule has 0 atom stereocenters. The smallest absolute Gasteiger partial charge is 0.191 e. The Labute approximate surface area is 205 Å². The molecule has 0 bridgehead atoms. The monoisotopic (exact) mass is 548 g/mol. The number of rotatable bonds is 11. The minimum atomic E-state index is -0.107. The zero-order chi connectivity index (χ0) is 21.8. The van der Waals surface area contributed by atoms with E-state index >= 15 is 0 Å². The second-order valence-corrected chi connectivity index (χ2v) is 8.57. The predicted molar refractivity (Wildman–Crippen MR) is 139 cm³/mol. The molecule has 1 aliphatic rings. The molecule has 1 fully saturated rings. The number of aliphatic hydroxyl groups excluding tert-OH is 1. The number of guanidine groups is 1. The van der Waals surface area contributed by atoms with Gasteiger partial charge in [-0.2, -0.15) is 0 Å². The van der Waals surface area contributed by atoms with Crippen LogP contribution in [0.15, 0.2) is 29.3 Å². The molecule has 1 saturated heterocycles. The van der Waals surface area contributed by atoms with Crippen molar-refractivity contribution in [1.29, 1.82) is 0 Å². The molecular weight excluding hydrogens is 506 g/mol. The second-order valence-electron chi connectivity index (χ2n) is 8.57. The van der Waals surface area contributed by atoms with E-state index < -0.39 is 0 Å². The Morgan fingerprint density at radius 1 is 1.16 bits per heavy atom. The number of aliphatic hydroxyl groups is 1. The summed E-state index contributed by atoms with van der Waals surface area (Å²) in [5.41, 5.74) is 0.864. The fraction of sp³-hybridized carbons (Fsp3) is 0.708. The van der Waals surface area contributed by atoms with Gasteiger partial charge in [0.1, 0.15) is 5.82 Å². The van der Waals surface area contributed by atoms with Gasteiger partial charge in [-0.3, -0.25) is 9.89 Å². The molecule has 0 aromatic heterocycles. The Bertz CT molecular complexity index is 646. The minimum Gasteiger partial charge on any atom is -0.396 e. The van der Waals surface area contributed by atoms with Gasteiger partial charge in [-0.1, -0.05) is 32.0 Å². The molecule has 3 N–H and O–H groups in total. The molecular formula is C24H42FIN4O. The molecule has 2 rings (SSSR count). The topological polar surface area (TPSA) is 59.9 Å². The quantitative estimate of drug-likeness (QED) is 0.218. The minimum absolute atomic E-state index is 0. The Morgan fingerprint density at radius 3 is 2.42 bits per heavy atom. The highest BCUT2D eigenvalue weighted by molar-refractivity contribution is 14.0. The molecule has 1 aromatic carbocycles. The molecule has 31 heavy (non-hydrogen) atoms. The van der Waals surface area contributed by atoms with Crippen LogP contribution < -0.4 is 10.6 Å². The molecule has 1 heterocycles. The zero-order valence-electron chi connectivity index (χ0n) is 19.5. The summed E-state index contributed by atoms with van der Waals surface area (Å²) in [4.78, 5) is 7.19. The van der Waals surface area contributed by atoms with E-state index in [9.17, 15) is 9.50 Å². The first-order chi connectivity index (χ1) is 14.6. The van der Waals surface area contributed by atoms with Gasteiger partial charge in [0.25, 0.3) is 0 Å². The lowest BCUT2D eigenvalue weighted by Gasteiger charge is -2.32. The number of halogens is 2. The normalized spacial score (nSPS) is 16.1. The molecule has 0 aliphatic carbocycles. The number of aliphatic imine (C=N–C) groups is 1. The van der Waals surface area contributed by atoms with Gasteiger partial charge in [0.2, 0.25) is 0 Å². The summed E-state index contributed by atoms with van der Waals surface area (Å²) in [6.45, 7) is 11.8. The largest absolute Gasteiger partial charge is 0.396 e. The Kier molecular flexibility index (Phi) is 13.6. The summed E-state index contributed by atoms with van der Waals surface area (Å²) in [6, 6.07) is 7.07. The van der Waals surface area contributed by atoms with Crippen molar-refractivity contribution in [3.63, 3.8) is 0 Å². The first-order valence-corrected chi connectivity index (χ1v) is 11.6. The Hall–Kier alpha value is -0.930. The van der Waals surface area contributed by atoms with E-state index in [2.05, 4.69) is 36.3 Å². The van der Waals surface area contributed by atoms with Gasteiger partial charge < -0.3 is 15.7 Å². The van der Waals surface area contributed by atoms with Gasteiger partial charge in [0.15, 0.2) is 5.96 Å². The zero-order valence-corrected chi connectivity index (χ0v) is 21.8. The number of nitrogens with one attached hydrogen (secondary N) is 2. The summed E-state index contributed by atoms with van der Waals surface area (Å²) in [6.07, 6.45) is 5.06. The standard InChI is InChI=1S/C24H41FN4O.HI/c1-4-24(5-2,13-16-30)19-28-23(26-6-3)27-17-20-11-14-29(15-12-20)18-21-9-7-8-10-22(21)25;/h7-10,20,30H,4-6,11-19H2,1-3H3,(H2,26,27,28);1H. The molecule has 7 heteroatoms. The summed E-state index contributed by atoms with van der Waals surface area (Å²) in [5, 5.41) is 16.3. The van der Waals surface area contributed by atoms with Crippen LogP contribution in [-0.4, -0.2) is 55.3 Å². The lowest BCUT2D eigenvalue weighted by atomic mass is 9.79. The summed E-state index contributed by atoms with van der Waals surface area (Å²) < 4.78 is 13.9. The maximum absolute atomic E-state index is 13.9. The highest BCUT2D eigenvalue weighted by Crippen LogP contribution is 2.30. The average Bonchev–Trinajstić information content (AvgIpc) is 2.77. The van der Waals surface area contributed by atoms with Gasteiger partial charge in [0.05, 0.1) is 0 Å². The summed E-state index contributed by atoms with van der Waals surface area (Å²) in [5.74, 6) is 1.37. The number of piperidine rings is 1. The second kappa shape index (κ2) is 15.0. The fourth-order valence-electron chi connectivity index (χ4n) is 4.19. The van der Waals surface area contributed by atoms with Gasteiger partial charge in [0, 0.05) is 38.3 Å². The van der Waals surface area contributed by atoms with Crippen LogP contribution in [0, 0.1) is 17.2 Å². The predicted octanol–water partition coefficient (Wildman–Crippen LogP) is 4.40. The molecule has 178 valence electrons. The molecule has 0 saturated carbocycles. The van der Waals surface area contributed by atoms with E-state index in [1.807, 2.05) is 12.1 Å². The SMILES string of the molecule is CCNC(=NCC(CC)(CC)CCO)NCC1CCN(Cc2ccccc2F)CC1.I. The lowest BCUT2D eigenvalue weighted by molar-refractivity contribution is 0.174. The van der Waals surface area contributed by atoms with Crippen molar-refractivity contribution in [2.24, 2.45) is 16.3 Å². The van der Waals surface area contributed by atoms with Crippen molar-refractivity contribution in [3.8, 4) is 0 Å². The number of benzene rings is 1. The highest BCUT2D eigenvalue weighted by atomic mass is 127. The Morgan fingerprint density at radius 2 is 1.84 bits per heavy atom. The van der Waals surface area contributed by atoms with E-state index in [1.165, 1.54) is 0 Å². The van der Waals surface area contributed by atoms with Crippen molar-refractivity contribution < 1.29 is 9.50 Å². The maximum atomic E-state index is 13.9. The van der Waals surface area contributed by atoms with Crippen molar-refractivity contribution in [2.75, 3.05) is 39.3 Å². The first-order valence-electron chi connectivity index (χ1n) is 11.6. The van der Waals surface area contributed by atoms with Crippen LogP contribution in [0.2, 0.25) is 0 Å². The lowest BCUT2D eigenvalue weighted by Crippen LogP contribution is -2.43. The third-order valence-electron chi connectivity index (χ3n) is 6.68. The number of hydrogen-bond donors (Lipinski definition) is 3. The number of hydrogen-bond acceptors (Lipinski definition) is 3. The van der Waals surface area contributed by atoms with E-state index in [-0.39, 0.29) is 41.8 Å². The third kappa shape index (κ3) is 9.22. The third-order valence-corrected chi connectivity index (χ3v) is 6.68.